The van der Waals surface area contributed by atoms with Gasteiger partial charge in [-0.15, -0.1) is 0 Å². The van der Waals surface area contributed by atoms with Gasteiger partial charge in [0.15, 0.2) is 0 Å². The Balaban J connectivity index is 1.80. The molecular weight excluding hydrogens is 314 g/mol. The van der Waals surface area contributed by atoms with Crippen LogP contribution < -0.4 is 10.6 Å². The molecule has 0 fully saturated rings. The van der Waals surface area contributed by atoms with Crippen LogP contribution in [0.25, 0.3) is 0 Å². The lowest BCUT2D eigenvalue weighted by Gasteiger charge is -2.16. The van der Waals surface area contributed by atoms with Crippen molar-refractivity contribution < 1.29 is 9.59 Å². The van der Waals surface area contributed by atoms with Crippen LogP contribution in [-0.2, 0) is 16.0 Å². The molecule has 2 rings (SSSR count). The summed E-state index contributed by atoms with van der Waals surface area (Å²) in [5.41, 5.74) is 3.84. The van der Waals surface area contributed by atoms with Gasteiger partial charge in [-0.05, 0) is 50.2 Å². The van der Waals surface area contributed by atoms with Crippen LogP contribution in [-0.4, -0.2) is 36.9 Å². The van der Waals surface area contributed by atoms with Crippen molar-refractivity contribution in [3.8, 4) is 0 Å². The van der Waals surface area contributed by atoms with Crippen molar-refractivity contribution in [2.24, 2.45) is 0 Å². The number of nitrogens with one attached hydrogen (secondary N) is 2. The zero-order valence-electron chi connectivity index (χ0n) is 15.0. The Kier molecular flexibility index (Phi) is 6.71. The van der Waals surface area contributed by atoms with Crippen molar-refractivity contribution in [1.82, 2.24) is 4.90 Å². The smallest absolute Gasteiger partial charge is 0.238 e. The average molecular weight is 339 g/mol. The molecule has 0 aliphatic heterocycles. The van der Waals surface area contributed by atoms with Gasteiger partial charge in [0, 0.05) is 11.4 Å². The summed E-state index contributed by atoms with van der Waals surface area (Å²) in [6, 6.07) is 15.4. The first kappa shape index (κ1) is 18.7. The van der Waals surface area contributed by atoms with Crippen molar-refractivity contribution in [2.75, 3.05) is 30.8 Å². The maximum atomic E-state index is 12.1. The second-order valence-corrected chi connectivity index (χ2v) is 6.19. The number of aryl methyl sites for hydroxylation is 2. The fourth-order valence-corrected chi connectivity index (χ4v) is 2.45. The van der Waals surface area contributed by atoms with E-state index >= 15 is 0 Å². The van der Waals surface area contributed by atoms with Gasteiger partial charge in [-0.25, -0.2) is 0 Å². The molecule has 132 valence electrons. The average Bonchev–Trinajstić information content (AvgIpc) is 2.56. The Labute approximate surface area is 149 Å². The van der Waals surface area contributed by atoms with E-state index in [1.54, 1.807) is 11.9 Å². The van der Waals surface area contributed by atoms with E-state index in [9.17, 15) is 9.59 Å². The van der Waals surface area contributed by atoms with E-state index in [-0.39, 0.29) is 24.9 Å². The molecule has 2 aromatic carbocycles. The summed E-state index contributed by atoms with van der Waals surface area (Å²) in [5.74, 6) is -0.286. The molecule has 0 bridgehead atoms. The summed E-state index contributed by atoms with van der Waals surface area (Å²) in [6.45, 7) is 4.36. The highest BCUT2D eigenvalue weighted by Gasteiger charge is 2.11. The predicted molar refractivity (Wildman–Crippen MR) is 102 cm³/mol. The zero-order valence-corrected chi connectivity index (χ0v) is 15.0. The van der Waals surface area contributed by atoms with Crippen LogP contribution in [0, 0.1) is 6.92 Å². The first-order chi connectivity index (χ1) is 12.0. The number of rotatable bonds is 7. The molecule has 0 unspecified atom stereocenters. The monoisotopic (exact) mass is 339 g/mol. The topological polar surface area (TPSA) is 61.4 Å². The van der Waals surface area contributed by atoms with E-state index in [1.807, 2.05) is 55.5 Å². The van der Waals surface area contributed by atoms with Gasteiger partial charge in [-0.3, -0.25) is 14.5 Å². The highest BCUT2D eigenvalue weighted by atomic mass is 16.2. The normalized spacial score (nSPS) is 10.6. The van der Waals surface area contributed by atoms with Crippen LogP contribution in [0.5, 0.6) is 0 Å². The third-order valence-electron chi connectivity index (χ3n) is 3.78. The van der Waals surface area contributed by atoms with Crippen LogP contribution in [0.3, 0.4) is 0 Å². The first-order valence-electron chi connectivity index (χ1n) is 8.40. The number of hydrogen-bond acceptors (Lipinski definition) is 3. The van der Waals surface area contributed by atoms with Gasteiger partial charge in [0.2, 0.25) is 11.8 Å². The second kappa shape index (κ2) is 8.99. The minimum Gasteiger partial charge on any atom is -0.325 e. The summed E-state index contributed by atoms with van der Waals surface area (Å²) in [5, 5.41) is 5.69. The Hall–Kier alpha value is -2.66. The lowest BCUT2D eigenvalue weighted by molar-refractivity contribution is -0.119. The minimum absolute atomic E-state index is 0.140. The molecule has 0 aromatic heterocycles. The van der Waals surface area contributed by atoms with Gasteiger partial charge in [0.25, 0.3) is 0 Å². The highest BCUT2D eigenvalue weighted by molar-refractivity contribution is 5.94. The fourth-order valence-electron chi connectivity index (χ4n) is 2.45. The summed E-state index contributed by atoms with van der Waals surface area (Å²) in [6.07, 6.45) is 0.919. The maximum absolute atomic E-state index is 12.1. The highest BCUT2D eigenvalue weighted by Crippen LogP contribution is 2.11. The van der Waals surface area contributed by atoms with E-state index in [4.69, 9.17) is 0 Å². The molecule has 2 amide bonds. The van der Waals surface area contributed by atoms with Gasteiger partial charge in [0.1, 0.15) is 0 Å². The summed E-state index contributed by atoms with van der Waals surface area (Å²) < 4.78 is 0. The molecule has 5 heteroatoms. The van der Waals surface area contributed by atoms with Crippen molar-refractivity contribution in [3.05, 3.63) is 59.7 Å². The van der Waals surface area contributed by atoms with Crippen LogP contribution in [0.1, 0.15) is 18.1 Å². The Morgan fingerprint density at radius 3 is 2.12 bits per heavy atom. The van der Waals surface area contributed by atoms with Gasteiger partial charge < -0.3 is 10.6 Å². The van der Waals surface area contributed by atoms with Gasteiger partial charge in [0.05, 0.1) is 13.1 Å². The Morgan fingerprint density at radius 1 is 0.920 bits per heavy atom. The third kappa shape index (κ3) is 6.39. The van der Waals surface area contributed by atoms with E-state index < -0.39 is 0 Å². The number of nitrogens with zero attached hydrogens (tertiary/aromatic N) is 1. The van der Waals surface area contributed by atoms with Crippen LogP contribution in [0.15, 0.2) is 48.5 Å². The molecule has 0 radical (unpaired) electrons. The molecule has 0 aliphatic rings. The summed E-state index contributed by atoms with van der Waals surface area (Å²) in [4.78, 5) is 25.8. The van der Waals surface area contributed by atoms with Crippen LogP contribution in [0.4, 0.5) is 11.4 Å². The lowest BCUT2D eigenvalue weighted by atomic mass is 10.1. The predicted octanol–water partition coefficient (Wildman–Crippen LogP) is 3.07. The number of carbonyl (C=O) groups excluding carboxylic acids is 2. The van der Waals surface area contributed by atoms with Crippen molar-refractivity contribution in [2.45, 2.75) is 20.3 Å². The first-order valence-corrected chi connectivity index (χ1v) is 8.40. The molecule has 0 aliphatic carbocycles. The maximum Gasteiger partial charge on any atom is 0.238 e. The number of anilines is 2. The molecular formula is C20H25N3O2. The quantitative estimate of drug-likeness (QED) is 0.815. The van der Waals surface area contributed by atoms with Crippen molar-refractivity contribution in [3.63, 3.8) is 0 Å². The van der Waals surface area contributed by atoms with E-state index in [2.05, 4.69) is 17.6 Å². The largest absolute Gasteiger partial charge is 0.325 e. The van der Waals surface area contributed by atoms with E-state index in [1.165, 1.54) is 5.56 Å². The number of benzene rings is 2. The lowest BCUT2D eigenvalue weighted by Crippen LogP contribution is -2.36. The van der Waals surface area contributed by atoms with Crippen molar-refractivity contribution in [1.29, 1.82) is 0 Å². The minimum atomic E-state index is -0.146. The van der Waals surface area contributed by atoms with Crippen LogP contribution >= 0.6 is 0 Å². The van der Waals surface area contributed by atoms with Crippen LogP contribution in [0.2, 0.25) is 0 Å². The van der Waals surface area contributed by atoms with Gasteiger partial charge >= 0.3 is 0 Å². The SMILES string of the molecule is CCc1cccc(NC(=O)CN(C)CC(=O)Nc2ccc(C)cc2)c1. The molecule has 2 N–H and O–H groups in total. The van der Waals surface area contributed by atoms with Gasteiger partial charge in [-0.1, -0.05) is 36.8 Å². The zero-order chi connectivity index (χ0) is 18.2. The molecule has 0 atom stereocenters. The molecule has 2 aromatic rings. The standard InChI is InChI=1S/C20H25N3O2/c1-4-16-6-5-7-18(12-16)22-20(25)14-23(3)13-19(24)21-17-10-8-15(2)9-11-17/h5-12H,4,13-14H2,1-3H3,(H,21,24)(H,22,25). The number of carbonyl (C=O) groups is 2. The van der Waals surface area contributed by atoms with Gasteiger partial charge in [-0.2, -0.15) is 0 Å². The number of amides is 2. The molecule has 0 heterocycles. The Morgan fingerprint density at radius 2 is 1.52 bits per heavy atom. The summed E-state index contributed by atoms with van der Waals surface area (Å²) in [7, 11) is 1.75. The van der Waals surface area contributed by atoms with E-state index in [0.717, 1.165) is 23.4 Å². The number of likely N-dealkylation sites (N-methyl/N-ethyl adjacent to an activating group) is 1. The van der Waals surface area contributed by atoms with Crippen molar-refractivity contribution >= 4 is 23.2 Å². The molecule has 25 heavy (non-hydrogen) atoms. The molecule has 0 spiro atoms. The summed E-state index contributed by atoms with van der Waals surface area (Å²) >= 11 is 0. The number of hydrogen-bond donors (Lipinski definition) is 2. The second-order valence-electron chi connectivity index (χ2n) is 6.19. The Bertz CT molecular complexity index is 726. The molecule has 5 nitrogen and oxygen atoms in total. The fraction of sp³-hybridized carbons (Fsp3) is 0.300. The molecule has 0 saturated heterocycles. The van der Waals surface area contributed by atoms with E-state index in [0.29, 0.717) is 0 Å². The third-order valence-corrected chi connectivity index (χ3v) is 3.78. The molecule has 0 saturated carbocycles.